The smallest absolute Gasteiger partial charge is 0.309 e. The van der Waals surface area contributed by atoms with Crippen LogP contribution in [-0.4, -0.2) is 49.8 Å². The molecule has 6 heteroatoms. The van der Waals surface area contributed by atoms with Gasteiger partial charge in [0, 0.05) is 26.8 Å². The number of carbonyl (C=O) groups excluding carboxylic acids is 2. The number of rotatable bonds is 6. The molecule has 0 aliphatic carbocycles. The van der Waals surface area contributed by atoms with Gasteiger partial charge in [-0.15, -0.1) is 0 Å². The molecule has 0 fully saturated rings. The van der Waals surface area contributed by atoms with Crippen molar-refractivity contribution in [3.8, 4) is 0 Å². The summed E-state index contributed by atoms with van der Waals surface area (Å²) in [5.74, 6) is -1.42. The van der Waals surface area contributed by atoms with E-state index in [0.29, 0.717) is 19.6 Å². The molecule has 88 valence electrons. The first-order valence-electron chi connectivity index (χ1n) is 4.81. The fourth-order valence-corrected chi connectivity index (χ4v) is 0.819. The normalized spacial score (nSPS) is 11.9. The number of ether oxygens (including phenoxy) is 1. The van der Waals surface area contributed by atoms with Gasteiger partial charge in [0.05, 0.1) is 6.10 Å². The van der Waals surface area contributed by atoms with Gasteiger partial charge in [0.1, 0.15) is 0 Å². The van der Waals surface area contributed by atoms with Crippen molar-refractivity contribution in [1.29, 1.82) is 0 Å². The molecule has 0 aliphatic rings. The Kier molecular flexibility index (Phi) is 7.57. The van der Waals surface area contributed by atoms with Crippen LogP contribution in [0.5, 0.6) is 0 Å². The molecule has 0 aromatic heterocycles. The molecule has 0 aromatic carbocycles. The van der Waals surface area contributed by atoms with Crippen LogP contribution in [0.1, 0.15) is 13.3 Å². The van der Waals surface area contributed by atoms with E-state index in [4.69, 9.17) is 9.84 Å². The molecule has 0 aliphatic heterocycles. The van der Waals surface area contributed by atoms with Gasteiger partial charge in [-0.1, -0.05) is 0 Å². The Morgan fingerprint density at radius 3 is 2.47 bits per heavy atom. The average molecular weight is 218 g/mol. The van der Waals surface area contributed by atoms with E-state index >= 15 is 0 Å². The van der Waals surface area contributed by atoms with Gasteiger partial charge in [-0.3, -0.25) is 9.59 Å². The molecule has 0 saturated carbocycles. The SMILES string of the molecule is COCCCNC(=O)C(=O)NC[C@H](C)O. The molecule has 0 unspecified atom stereocenters. The maximum atomic E-state index is 11.1. The maximum absolute atomic E-state index is 11.1. The van der Waals surface area contributed by atoms with E-state index in [0.717, 1.165) is 0 Å². The standard InChI is InChI=1S/C9H18N2O4/c1-7(12)6-11-9(14)8(13)10-4-3-5-15-2/h7,12H,3-6H2,1-2H3,(H,10,13)(H,11,14)/t7-/m0/s1. The van der Waals surface area contributed by atoms with Crippen molar-refractivity contribution in [2.75, 3.05) is 26.8 Å². The summed E-state index contributed by atoms with van der Waals surface area (Å²) in [4.78, 5) is 22.1. The van der Waals surface area contributed by atoms with E-state index in [1.807, 2.05) is 0 Å². The molecule has 0 radical (unpaired) electrons. The van der Waals surface area contributed by atoms with Gasteiger partial charge in [0.15, 0.2) is 0 Å². The summed E-state index contributed by atoms with van der Waals surface area (Å²) in [6, 6.07) is 0. The monoisotopic (exact) mass is 218 g/mol. The van der Waals surface area contributed by atoms with Crippen molar-refractivity contribution in [2.24, 2.45) is 0 Å². The highest BCUT2D eigenvalue weighted by molar-refractivity contribution is 6.35. The molecule has 15 heavy (non-hydrogen) atoms. The fourth-order valence-electron chi connectivity index (χ4n) is 0.819. The van der Waals surface area contributed by atoms with Gasteiger partial charge < -0.3 is 20.5 Å². The van der Waals surface area contributed by atoms with Crippen molar-refractivity contribution in [1.82, 2.24) is 10.6 Å². The van der Waals surface area contributed by atoms with Crippen LogP contribution in [0.25, 0.3) is 0 Å². The Labute approximate surface area is 89.0 Å². The van der Waals surface area contributed by atoms with E-state index in [1.54, 1.807) is 7.11 Å². The number of aliphatic hydroxyl groups is 1. The summed E-state index contributed by atoms with van der Waals surface area (Å²) >= 11 is 0. The Hall–Kier alpha value is -1.14. The molecule has 2 amide bonds. The lowest BCUT2D eigenvalue weighted by Crippen LogP contribution is -2.42. The van der Waals surface area contributed by atoms with Crippen molar-refractivity contribution < 1.29 is 19.4 Å². The zero-order valence-corrected chi connectivity index (χ0v) is 9.08. The van der Waals surface area contributed by atoms with Crippen molar-refractivity contribution in [3.05, 3.63) is 0 Å². The van der Waals surface area contributed by atoms with Gasteiger partial charge in [-0.05, 0) is 13.3 Å². The molecule has 0 bridgehead atoms. The lowest BCUT2D eigenvalue weighted by atomic mass is 10.4. The van der Waals surface area contributed by atoms with E-state index < -0.39 is 17.9 Å². The zero-order chi connectivity index (χ0) is 11.7. The largest absolute Gasteiger partial charge is 0.392 e. The lowest BCUT2D eigenvalue weighted by Gasteiger charge is -2.07. The number of amides is 2. The first-order chi connectivity index (χ1) is 7.07. The van der Waals surface area contributed by atoms with Gasteiger partial charge in [-0.2, -0.15) is 0 Å². The summed E-state index contributed by atoms with van der Waals surface area (Å²) in [5, 5.41) is 13.6. The number of aliphatic hydroxyl groups excluding tert-OH is 1. The summed E-state index contributed by atoms with van der Waals surface area (Å²) in [5.41, 5.74) is 0. The fraction of sp³-hybridized carbons (Fsp3) is 0.778. The number of hydrogen-bond donors (Lipinski definition) is 3. The van der Waals surface area contributed by atoms with Crippen LogP contribution in [0.4, 0.5) is 0 Å². The highest BCUT2D eigenvalue weighted by Gasteiger charge is 2.12. The van der Waals surface area contributed by atoms with E-state index in [2.05, 4.69) is 10.6 Å². The topological polar surface area (TPSA) is 87.7 Å². The van der Waals surface area contributed by atoms with Crippen LogP contribution in [0.2, 0.25) is 0 Å². The Bertz CT molecular complexity index is 206. The third kappa shape index (κ3) is 7.90. The molecule has 0 saturated heterocycles. The van der Waals surface area contributed by atoms with Crippen LogP contribution in [0.3, 0.4) is 0 Å². The summed E-state index contributed by atoms with van der Waals surface area (Å²) in [6.45, 7) is 2.53. The van der Waals surface area contributed by atoms with Gasteiger partial charge >= 0.3 is 11.8 Å². The second-order valence-corrected chi connectivity index (χ2v) is 3.16. The van der Waals surface area contributed by atoms with Gasteiger partial charge in [-0.25, -0.2) is 0 Å². The average Bonchev–Trinajstić information content (AvgIpc) is 2.20. The second-order valence-electron chi connectivity index (χ2n) is 3.16. The maximum Gasteiger partial charge on any atom is 0.309 e. The first kappa shape index (κ1) is 13.9. The first-order valence-corrected chi connectivity index (χ1v) is 4.81. The molecule has 6 nitrogen and oxygen atoms in total. The minimum atomic E-state index is -0.728. The number of hydrogen-bond acceptors (Lipinski definition) is 4. The summed E-state index contributed by atoms with van der Waals surface area (Å²) in [7, 11) is 1.57. The number of carbonyl (C=O) groups is 2. The molecule has 0 aromatic rings. The highest BCUT2D eigenvalue weighted by atomic mass is 16.5. The molecule has 0 spiro atoms. The minimum absolute atomic E-state index is 0.0737. The molecular weight excluding hydrogens is 200 g/mol. The van der Waals surface area contributed by atoms with Gasteiger partial charge in [0.2, 0.25) is 0 Å². The summed E-state index contributed by atoms with van der Waals surface area (Å²) in [6.07, 6.45) is 0.00147. The molecule has 0 rings (SSSR count). The predicted octanol–water partition coefficient (Wildman–Crippen LogP) is -1.36. The van der Waals surface area contributed by atoms with E-state index in [9.17, 15) is 9.59 Å². The highest BCUT2D eigenvalue weighted by Crippen LogP contribution is 1.79. The minimum Gasteiger partial charge on any atom is -0.392 e. The Morgan fingerprint density at radius 1 is 1.33 bits per heavy atom. The number of nitrogens with one attached hydrogen (secondary N) is 2. The molecule has 0 heterocycles. The van der Waals surface area contributed by atoms with Crippen molar-refractivity contribution >= 4 is 11.8 Å². The van der Waals surface area contributed by atoms with Crippen LogP contribution in [0.15, 0.2) is 0 Å². The lowest BCUT2D eigenvalue weighted by molar-refractivity contribution is -0.139. The third-order valence-corrected chi connectivity index (χ3v) is 1.58. The van der Waals surface area contributed by atoms with Crippen LogP contribution < -0.4 is 10.6 Å². The van der Waals surface area contributed by atoms with E-state index in [-0.39, 0.29) is 6.54 Å². The summed E-state index contributed by atoms with van der Waals surface area (Å²) < 4.78 is 4.78. The van der Waals surface area contributed by atoms with E-state index in [1.165, 1.54) is 6.92 Å². The second kappa shape index (κ2) is 8.19. The number of methoxy groups -OCH3 is 1. The predicted molar refractivity (Wildman–Crippen MR) is 54.2 cm³/mol. The Morgan fingerprint density at radius 2 is 1.93 bits per heavy atom. The van der Waals surface area contributed by atoms with Crippen LogP contribution in [-0.2, 0) is 14.3 Å². The quantitative estimate of drug-likeness (QED) is 0.379. The van der Waals surface area contributed by atoms with Crippen LogP contribution >= 0.6 is 0 Å². The van der Waals surface area contributed by atoms with Gasteiger partial charge in [0.25, 0.3) is 0 Å². The molecule has 1 atom stereocenters. The third-order valence-electron chi connectivity index (χ3n) is 1.58. The zero-order valence-electron chi connectivity index (χ0n) is 9.08. The van der Waals surface area contributed by atoms with Crippen molar-refractivity contribution in [3.63, 3.8) is 0 Å². The molecule has 3 N–H and O–H groups in total. The van der Waals surface area contributed by atoms with Crippen LogP contribution in [0, 0.1) is 0 Å². The Balaban J connectivity index is 3.56. The van der Waals surface area contributed by atoms with Crippen molar-refractivity contribution in [2.45, 2.75) is 19.4 Å². The molecular formula is C9H18N2O4.